The van der Waals surface area contributed by atoms with Crippen LogP contribution in [-0.2, 0) is 25.7 Å². The molecule has 2 saturated heterocycles. The average Bonchev–Trinajstić information content (AvgIpc) is 3.58. The maximum Gasteiger partial charge on any atom is 0.246 e. The summed E-state index contributed by atoms with van der Waals surface area (Å²) < 4.78 is 25.3. The van der Waals surface area contributed by atoms with E-state index in [1.165, 1.54) is 17.0 Å². The van der Waals surface area contributed by atoms with Gasteiger partial charge in [0.05, 0.1) is 25.0 Å². The first kappa shape index (κ1) is 25.6. The van der Waals surface area contributed by atoms with Gasteiger partial charge < -0.3 is 25.0 Å². The third kappa shape index (κ3) is 4.48. The molecule has 8 nitrogen and oxygen atoms in total. The predicted octanol–water partition coefficient (Wildman–Crippen LogP) is 3.57. The van der Waals surface area contributed by atoms with Gasteiger partial charge in [-0.2, -0.15) is 0 Å². The van der Waals surface area contributed by atoms with Crippen LogP contribution in [-0.4, -0.2) is 53.5 Å². The zero-order valence-corrected chi connectivity index (χ0v) is 21.8. The van der Waals surface area contributed by atoms with Crippen molar-refractivity contribution in [3.8, 4) is 5.75 Å². The summed E-state index contributed by atoms with van der Waals surface area (Å²) in [4.78, 5) is 43.1. The van der Waals surface area contributed by atoms with E-state index in [0.29, 0.717) is 17.0 Å². The van der Waals surface area contributed by atoms with Crippen LogP contribution < -0.4 is 15.4 Å². The summed E-state index contributed by atoms with van der Waals surface area (Å²) in [6, 6.07) is 12.0. The third-order valence-corrected chi connectivity index (χ3v) is 8.48. The molecule has 3 heterocycles. The fraction of sp³-hybridized carbons (Fsp3) is 0.433. The first-order chi connectivity index (χ1) is 18.9. The molecule has 2 N–H and O–H groups in total. The van der Waals surface area contributed by atoms with Gasteiger partial charge in [-0.15, -0.1) is 0 Å². The number of nitrogens with zero attached hydrogens (tertiary/aromatic N) is 1. The van der Waals surface area contributed by atoms with Crippen molar-refractivity contribution in [2.75, 3.05) is 12.4 Å². The molecule has 1 spiro atoms. The van der Waals surface area contributed by atoms with Crippen LogP contribution in [0.25, 0.3) is 0 Å². The van der Waals surface area contributed by atoms with Gasteiger partial charge in [-0.1, -0.05) is 49.6 Å². The Bertz CT molecular complexity index is 1310. The Labute approximate surface area is 226 Å². The number of carbonyl (C=O) groups excluding carboxylic acids is 3. The number of amides is 3. The molecule has 3 amide bonds. The van der Waals surface area contributed by atoms with Crippen LogP contribution in [0.1, 0.15) is 37.7 Å². The highest BCUT2D eigenvalue weighted by Gasteiger charge is 2.72. The molecule has 2 bridgehead atoms. The minimum absolute atomic E-state index is 0.0409. The summed E-state index contributed by atoms with van der Waals surface area (Å²) in [5.74, 6) is -2.41. The number of nitrogens with one attached hydrogen (secondary N) is 2. The minimum atomic E-state index is -1.25. The lowest BCUT2D eigenvalue weighted by Gasteiger charge is -2.34. The van der Waals surface area contributed by atoms with Crippen molar-refractivity contribution in [3.05, 3.63) is 72.1 Å². The first-order valence-electron chi connectivity index (χ1n) is 13.6. The number of likely N-dealkylation sites (tertiary alicyclic amines) is 1. The Kier molecular flexibility index (Phi) is 6.62. The molecule has 3 fully saturated rings. The van der Waals surface area contributed by atoms with Gasteiger partial charge in [-0.25, -0.2) is 4.39 Å². The highest BCUT2D eigenvalue weighted by Crippen LogP contribution is 2.55. The van der Waals surface area contributed by atoms with E-state index in [1.807, 2.05) is 0 Å². The van der Waals surface area contributed by atoms with E-state index in [0.717, 1.165) is 32.1 Å². The van der Waals surface area contributed by atoms with Crippen molar-refractivity contribution in [3.63, 3.8) is 0 Å². The average molecular weight is 534 g/mol. The second-order valence-electron chi connectivity index (χ2n) is 10.9. The molecule has 39 heavy (non-hydrogen) atoms. The molecule has 0 unspecified atom stereocenters. The van der Waals surface area contributed by atoms with Gasteiger partial charge in [-0.3, -0.25) is 14.4 Å². The fourth-order valence-corrected chi connectivity index (χ4v) is 6.68. The molecular weight excluding hydrogens is 501 g/mol. The van der Waals surface area contributed by atoms with Gasteiger partial charge in [0.2, 0.25) is 17.7 Å². The molecule has 3 aliphatic heterocycles. The van der Waals surface area contributed by atoms with E-state index in [4.69, 9.17) is 9.47 Å². The summed E-state index contributed by atoms with van der Waals surface area (Å²) >= 11 is 0. The minimum Gasteiger partial charge on any atom is -0.497 e. The molecule has 204 valence electrons. The van der Waals surface area contributed by atoms with Crippen LogP contribution >= 0.6 is 0 Å². The van der Waals surface area contributed by atoms with Crippen molar-refractivity contribution < 1.29 is 28.2 Å². The topological polar surface area (TPSA) is 97.0 Å². The molecule has 6 rings (SSSR count). The van der Waals surface area contributed by atoms with Crippen LogP contribution in [0.2, 0.25) is 0 Å². The van der Waals surface area contributed by atoms with E-state index in [1.54, 1.807) is 55.7 Å². The van der Waals surface area contributed by atoms with Crippen molar-refractivity contribution >= 4 is 23.4 Å². The maximum atomic E-state index is 14.1. The monoisotopic (exact) mass is 533 g/mol. The number of fused-ring (bicyclic) bond motifs is 1. The fourth-order valence-electron chi connectivity index (χ4n) is 6.68. The van der Waals surface area contributed by atoms with E-state index in [2.05, 4.69) is 10.6 Å². The number of halogens is 1. The van der Waals surface area contributed by atoms with Crippen molar-refractivity contribution in [1.82, 2.24) is 10.2 Å². The standard InChI is InChI=1S/C30H32FN3O5/c1-38-22-9-5-8-21(16-22)33-27(35)24-23-14-15-30(39-23)25(24)29(37)34(17-18-10-12-19(31)13-11-18)26(30)28(36)32-20-6-3-2-4-7-20/h5,8-16,20,23-26H,2-4,6-7,17H2,1H3,(H,32,36)(H,33,35)/t23-,24+,25-,26+,30-/m0/s1. The smallest absolute Gasteiger partial charge is 0.246 e. The number of rotatable bonds is 7. The van der Waals surface area contributed by atoms with Crippen LogP contribution in [0.3, 0.4) is 0 Å². The first-order valence-corrected chi connectivity index (χ1v) is 13.6. The summed E-state index contributed by atoms with van der Waals surface area (Å²) in [6.07, 6.45) is 8.00. The van der Waals surface area contributed by atoms with Gasteiger partial charge in [0.1, 0.15) is 23.2 Å². The lowest BCUT2D eigenvalue weighted by atomic mass is 9.74. The molecule has 5 atom stereocenters. The molecule has 2 aromatic rings. The Morgan fingerprint density at radius 1 is 1.10 bits per heavy atom. The number of benzene rings is 2. The molecule has 9 heteroatoms. The number of hydrogen-bond donors (Lipinski definition) is 2. The molecule has 2 aromatic carbocycles. The van der Waals surface area contributed by atoms with Crippen LogP contribution in [0, 0.1) is 17.7 Å². The van der Waals surface area contributed by atoms with Crippen molar-refractivity contribution in [2.45, 2.75) is 62.4 Å². The largest absolute Gasteiger partial charge is 0.497 e. The predicted molar refractivity (Wildman–Crippen MR) is 141 cm³/mol. The lowest BCUT2D eigenvalue weighted by molar-refractivity contribution is -0.142. The molecule has 1 aliphatic carbocycles. The van der Waals surface area contributed by atoms with Gasteiger partial charge >= 0.3 is 0 Å². The van der Waals surface area contributed by atoms with Crippen molar-refractivity contribution in [2.24, 2.45) is 11.8 Å². The zero-order chi connectivity index (χ0) is 27.1. The maximum absolute atomic E-state index is 14.1. The van der Waals surface area contributed by atoms with Crippen LogP contribution in [0.5, 0.6) is 5.75 Å². The van der Waals surface area contributed by atoms with Gasteiger partial charge in [0, 0.05) is 24.3 Å². The quantitative estimate of drug-likeness (QED) is 0.531. The molecule has 0 radical (unpaired) electrons. The second-order valence-corrected chi connectivity index (χ2v) is 10.9. The molecular formula is C30H32FN3O5. The number of carbonyl (C=O) groups is 3. The Balaban J connectivity index is 1.32. The van der Waals surface area contributed by atoms with Gasteiger partial charge in [0.25, 0.3) is 0 Å². The van der Waals surface area contributed by atoms with Gasteiger partial charge in [0.15, 0.2) is 0 Å². The van der Waals surface area contributed by atoms with Crippen molar-refractivity contribution in [1.29, 1.82) is 0 Å². The van der Waals surface area contributed by atoms with E-state index >= 15 is 0 Å². The van der Waals surface area contributed by atoms with Crippen LogP contribution in [0.15, 0.2) is 60.7 Å². The number of ether oxygens (including phenoxy) is 2. The molecule has 4 aliphatic rings. The number of anilines is 1. The zero-order valence-electron chi connectivity index (χ0n) is 21.8. The third-order valence-electron chi connectivity index (χ3n) is 8.48. The normalized spacial score (nSPS) is 29.4. The summed E-state index contributed by atoms with van der Waals surface area (Å²) in [5, 5.41) is 6.08. The summed E-state index contributed by atoms with van der Waals surface area (Å²) in [7, 11) is 1.55. The Hall–Kier alpha value is -3.72. The lowest BCUT2D eigenvalue weighted by Crippen LogP contribution is -2.56. The number of hydrogen-bond acceptors (Lipinski definition) is 5. The van der Waals surface area contributed by atoms with E-state index in [-0.39, 0.29) is 36.1 Å². The Morgan fingerprint density at radius 3 is 2.62 bits per heavy atom. The highest BCUT2D eigenvalue weighted by molar-refractivity contribution is 6.02. The Morgan fingerprint density at radius 2 is 1.87 bits per heavy atom. The van der Waals surface area contributed by atoms with Gasteiger partial charge in [-0.05, 0) is 42.7 Å². The summed E-state index contributed by atoms with van der Waals surface area (Å²) in [6.45, 7) is 0.103. The second kappa shape index (κ2) is 10.1. The SMILES string of the molecule is COc1cccc(NC(=O)[C@@H]2[C@@H]3C=C[C@]4(O3)[C@@H]2C(=O)N(Cc2ccc(F)cc2)[C@@H]4C(=O)NC2CCCCC2)c1. The van der Waals surface area contributed by atoms with Crippen LogP contribution in [0.4, 0.5) is 10.1 Å². The summed E-state index contributed by atoms with van der Waals surface area (Å²) in [5.41, 5.74) is -0.0236. The number of methoxy groups -OCH3 is 1. The van der Waals surface area contributed by atoms with E-state index in [9.17, 15) is 18.8 Å². The molecule has 0 aromatic heterocycles. The van der Waals surface area contributed by atoms with E-state index < -0.39 is 29.6 Å². The molecule has 1 saturated carbocycles. The highest BCUT2D eigenvalue weighted by atomic mass is 19.1.